The number of hydrogen-bond donors (Lipinski definition) is 2. The number of imidazole rings is 1. The van der Waals surface area contributed by atoms with E-state index in [4.69, 9.17) is 0 Å². The molecule has 5 rings (SSSR count). The molecule has 126 valence electrons. The Morgan fingerprint density at radius 3 is 2.88 bits per heavy atom. The molecule has 2 N–H and O–H groups in total. The summed E-state index contributed by atoms with van der Waals surface area (Å²) in [6.45, 7) is 0. The topological polar surface area (TPSA) is 88.5 Å². The van der Waals surface area contributed by atoms with E-state index in [0.717, 1.165) is 23.1 Å². The van der Waals surface area contributed by atoms with Gasteiger partial charge in [0, 0.05) is 6.04 Å². The van der Waals surface area contributed by atoms with Gasteiger partial charge in [-0.05, 0) is 36.5 Å². The highest BCUT2D eigenvalue weighted by Gasteiger charge is 2.20. The summed E-state index contributed by atoms with van der Waals surface area (Å²) in [6, 6.07) is 7.96. The molecule has 0 bridgehead atoms. The fourth-order valence-electron chi connectivity index (χ4n) is 3.38. The Balaban J connectivity index is 1.67. The van der Waals surface area contributed by atoms with E-state index in [1.807, 2.05) is 24.3 Å². The van der Waals surface area contributed by atoms with Crippen molar-refractivity contribution in [1.29, 1.82) is 0 Å². The van der Waals surface area contributed by atoms with Gasteiger partial charge >= 0.3 is 0 Å². The third kappa shape index (κ3) is 2.41. The van der Waals surface area contributed by atoms with Gasteiger partial charge in [-0.3, -0.25) is 4.79 Å². The molecule has 3 heterocycles. The van der Waals surface area contributed by atoms with Crippen LogP contribution in [0.1, 0.15) is 25.7 Å². The van der Waals surface area contributed by atoms with Crippen LogP contribution in [0.2, 0.25) is 0 Å². The molecular weight excluding hydrogens is 336 g/mol. The summed E-state index contributed by atoms with van der Waals surface area (Å²) in [7, 11) is 0. The van der Waals surface area contributed by atoms with Crippen molar-refractivity contribution in [2.24, 2.45) is 0 Å². The minimum Gasteiger partial charge on any atom is -0.365 e. The lowest BCUT2D eigenvalue weighted by molar-refractivity contribution is 0.750. The number of aromatic amines is 1. The Kier molecular flexibility index (Phi) is 3.30. The minimum absolute atomic E-state index is 0.0951. The number of H-pyrrole nitrogens is 1. The van der Waals surface area contributed by atoms with Crippen LogP contribution in [0, 0.1) is 0 Å². The fourth-order valence-corrected chi connectivity index (χ4v) is 4.32. The van der Waals surface area contributed by atoms with E-state index in [9.17, 15) is 4.79 Å². The van der Waals surface area contributed by atoms with Crippen molar-refractivity contribution in [2.45, 2.75) is 31.7 Å². The second kappa shape index (κ2) is 5.66. The van der Waals surface area contributed by atoms with Crippen molar-refractivity contribution in [3.63, 3.8) is 0 Å². The van der Waals surface area contributed by atoms with E-state index in [0.29, 0.717) is 28.8 Å². The lowest BCUT2D eigenvalue weighted by Gasteiger charge is -2.13. The molecule has 1 saturated carbocycles. The first-order chi connectivity index (χ1) is 12.3. The van der Waals surface area contributed by atoms with Crippen LogP contribution in [-0.4, -0.2) is 29.9 Å². The normalized spacial score (nSPS) is 15.4. The number of hydrogen-bond acceptors (Lipinski definition) is 6. The highest BCUT2D eigenvalue weighted by atomic mass is 32.1. The summed E-state index contributed by atoms with van der Waals surface area (Å²) in [4.78, 5) is 29.2. The van der Waals surface area contributed by atoms with Crippen LogP contribution in [0.4, 0.5) is 5.82 Å². The van der Waals surface area contributed by atoms with Crippen molar-refractivity contribution in [1.82, 2.24) is 23.9 Å². The highest BCUT2D eigenvalue weighted by Crippen LogP contribution is 2.26. The third-order valence-electron chi connectivity index (χ3n) is 4.64. The molecule has 0 atom stereocenters. The molecule has 0 aliphatic heterocycles. The SMILES string of the molecule is O=c1c2ccccc2sn1-c1nc(NC2CCCC2)c2[nH]cnc2n1. The van der Waals surface area contributed by atoms with E-state index in [-0.39, 0.29) is 5.56 Å². The summed E-state index contributed by atoms with van der Waals surface area (Å²) in [5.41, 5.74) is 1.25. The largest absolute Gasteiger partial charge is 0.365 e. The quantitative estimate of drug-likeness (QED) is 0.591. The molecule has 0 saturated heterocycles. The number of nitrogens with one attached hydrogen (secondary N) is 2. The van der Waals surface area contributed by atoms with E-state index in [1.165, 1.54) is 24.4 Å². The maximum Gasteiger partial charge on any atom is 0.275 e. The van der Waals surface area contributed by atoms with Crippen LogP contribution >= 0.6 is 11.5 Å². The van der Waals surface area contributed by atoms with Crippen LogP contribution in [0.25, 0.3) is 27.2 Å². The first kappa shape index (κ1) is 14.6. The standard InChI is InChI=1S/C17H16N6OS/c24-16-11-7-3-4-8-12(11)25-23(16)17-21-14-13(18-9-19-14)15(22-17)20-10-5-1-2-6-10/h3-4,7-10H,1-2,5-6H2,(H2,18,19,20,21,22). The van der Waals surface area contributed by atoms with Crippen molar-refractivity contribution in [3.8, 4) is 5.95 Å². The smallest absolute Gasteiger partial charge is 0.275 e. The molecule has 0 amide bonds. The molecule has 1 fully saturated rings. The summed E-state index contributed by atoms with van der Waals surface area (Å²) < 4.78 is 2.46. The molecule has 8 heteroatoms. The second-order valence-electron chi connectivity index (χ2n) is 6.29. The summed E-state index contributed by atoms with van der Waals surface area (Å²) in [5, 5.41) is 4.18. The zero-order valence-electron chi connectivity index (χ0n) is 13.4. The second-order valence-corrected chi connectivity index (χ2v) is 7.27. The monoisotopic (exact) mass is 352 g/mol. The number of aromatic nitrogens is 5. The van der Waals surface area contributed by atoms with Crippen LogP contribution in [0.5, 0.6) is 0 Å². The molecule has 0 radical (unpaired) electrons. The molecule has 1 aliphatic rings. The van der Waals surface area contributed by atoms with Gasteiger partial charge in [0.2, 0.25) is 0 Å². The zero-order valence-corrected chi connectivity index (χ0v) is 14.2. The van der Waals surface area contributed by atoms with Crippen molar-refractivity contribution >= 4 is 38.6 Å². The maximum atomic E-state index is 12.7. The van der Waals surface area contributed by atoms with Gasteiger partial charge in [0.25, 0.3) is 11.5 Å². The number of fused-ring (bicyclic) bond motifs is 2. The predicted octanol–water partition coefficient (Wildman–Crippen LogP) is 3.07. The predicted molar refractivity (Wildman–Crippen MR) is 98.5 cm³/mol. The van der Waals surface area contributed by atoms with Crippen LogP contribution in [-0.2, 0) is 0 Å². The Bertz CT molecular complexity index is 1120. The average molecular weight is 352 g/mol. The number of nitrogens with zero attached hydrogens (tertiary/aromatic N) is 4. The molecule has 4 aromatic rings. The molecular formula is C17H16N6OS. The molecule has 0 unspecified atom stereocenters. The minimum atomic E-state index is -0.0951. The Morgan fingerprint density at radius 1 is 1.20 bits per heavy atom. The van der Waals surface area contributed by atoms with E-state index < -0.39 is 0 Å². The Hall–Kier alpha value is -2.74. The van der Waals surface area contributed by atoms with Gasteiger partial charge in [-0.15, -0.1) is 0 Å². The van der Waals surface area contributed by atoms with Crippen molar-refractivity contribution in [3.05, 3.63) is 40.9 Å². The number of anilines is 1. The summed E-state index contributed by atoms with van der Waals surface area (Å²) in [5.74, 6) is 1.08. The maximum absolute atomic E-state index is 12.7. The molecule has 7 nitrogen and oxygen atoms in total. The zero-order chi connectivity index (χ0) is 16.8. The molecule has 1 aliphatic carbocycles. The molecule has 0 spiro atoms. The first-order valence-corrected chi connectivity index (χ1v) is 9.16. The number of benzene rings is 1. The summed E-state index contributed by atoms with van der Waals surface area (Å²) >= 11 is 1.35. The van der Waals surface area contributed by atoms with Gasteiger partial charge in [0.1, 0.15) is 5.52 Å². The number of rotatable bonds is 3. The summed E-state index contributed by atoms with van der Waals surface area (Å²) in [6.07, 6.45) is 6.35. The van der Waals surface area contributed by atoms with Gasteiger partial charge in [-0.1, -0.05) is 25.0 Å². The van der Waals surface area contributed by atoms with Gasteiger partial charge in [-0.2, -0.15) is 13.9 Å². The van der Waals surface area contributed by atoms with Gasteiger partial charge in [0.05, 0.1) is 16.4 Å². The van der Waals surface area contributed by atoms with Crippen LogP contribution < -0.4 is 10.9 Å². The Labute approximate surface area is 146 Å². The van der Waals surface area contributed by atoms with Crippen molar-refractivity contribution in [2.75, 3.05) is 5.32 Å². The lowest BCUT2D eigenvalue weighted by Crippen LogP contribution is -2.19. The molecule has 3 aromatic heterocycles. The van der Waals surface area contributed by atoms with Crippen LogP contribution in [0.3, 0.4) is 0 Å². The van der Waals surface area contributed by atoms with E-state index in [1.54, 1.807) is 10.3 Å². The van der Waals surface area contributed by atoms with E-state index in [2.05, 4.69) is 25.3 Å². The first-order valence-electron chi connectivity index (χ1n) is 8.39. The average Bonchev–Trinajstić information content (AvgIpc) is 3.35. The van der Waals surface area contributed by atoms with Gasteiger partial charge in [0.15, 0.2) is 11.5 Å². The van der Waals surface area contributed by atoms with Crippen LogP contribution in [0.15, 0.2) is 35.4 Å². The highest BCUT2D eigenvalue weighted by molar-refractivity contribution is 7.14. The third-order valence-corrected chi connectivity index (χ3v) is 5.71. The fraction of sp³-hybridized carbons (Fsp3) is 0.294. The molecule has 25 heavy (non-hydrogen) atoms. The Morgan fingerprint density at radius 2 is 2.04 bits per heavy atom. The van der Waals surface area contributed by atoms with Crippen molar-refractivity contribution < 1.29 is 0 Å². The van der Waals surface area contributed by atoms with Gasteiger partial charge < -0.3 is 10.3 Å². The lowest BCUT2D eigenvalue weighted by atomic mass is 10.2. The van der Waals surface area contributed by atoms with Gasteiger partial charge in [-0.25, -0.2) is 4.98 Å². The molecule has 1 aromatic carbocycles. The van der Waals surface area contributed by atoms with E-state index >= 15 is 0 Å².